The molecule has 0 radical (unpaired) electrons. The smallest absolute Gasteiger partial charge is 0.222 e. The van der Waals surface area contributed by atoms with Crippen LogP contribution in [0.2, 0.25) is 0 Å². The van der Waals surface area contributed by atoms with Crippen molar-refractivity contribution in [3.05, 3.63) is 0 Å². The van der Waals surface area contributed by atoms with Crippen molar-refractivity contribution in [2.24, 2.45) is 0 Å². The summed E-state index contributed by atoms with van der Waals surface area (Å²) in [6, 6.07) is 0.583. The van der Waals surface area contributed by atoms with Gasteiger partial charge in [0.05, 0.1) is 5.60 Å². The van der Waals surface area contributed by atoms with Gasteiger partial charge in [-0.2, -0.15) is 0 Å². The second-order valence-corrected chi connectivity index (χ2v) is 8.26. The molecule has 3 rings (SSSR count). The number of nitrogens with zero attached hydrogens (tertiary/aromatic N) is 3. The van der Waals surface area contributed by atoms with E-state index in [0.717, 1.165) is 52.0 Å². The van der Waals surface area contributed by atoms with E-state index in [4.69, 9.17) is 0 Å². The zero-order valence-corrected chi connectivity index (χ0v) is 15.4. The molecule has 3 heterocycles. The van der Waals surface area contributed by atoms with Crippen LogP contribution in [0.5, 0.6) is 0 Å². The Hall–Kier alpha value is -0.650. The van der Waals surface area contributed by atoms with Gasteiger partial charge in [-0.25, -0.2) is 0 Å². The molecular formula is C19H35N3O2. The average molecular weight is 338 g/mol. The lowest BCUT2D eigenvalue weighted by Crippen LogP contribution is -2.51. The van der Waals surface area contributed by atoms with Gasteiger partial charge in [0.25, 0.3) is 0 Å². The van der Waals surface area contributed by atoms with Crippen molar-refractivity contribution in [1.82, 2.24) is 14.7 Å². The minimum Gasteiger partial charge on any atom is -0.388 e. The third-order valence-electron chi connectivity index (χ3n) is 6.38. The zero-order valence-electron chi connectivity index (χ0n) is 15.4. The van der Waals surface area contributed by atoms with E-state index in [1.165, 1.54) is 38.6 Å². The summed E-state index contributed by atoms with van der Waals surface area (Å²) in [6.45, 7) is 5.67. The van der Waals surface area contributed by atoms with Crippen LogP contribution in [-0.2, 0) is 4.79 Å². The standard InChI is InChI=1S/C19H35N3O2/c1-20-11-3-2-6-17(20)7-8-18(23)22-14-9-19(24,10-15-22)16-21-12-4-5-13-21/h17,24H,2-16H2,1H3/t17-/m1/s1. The minimum absolute atomic E-state index is 0.289. The first-order valence-electron chi connectivity index (χ1n) is 9.98. The first-order chi connectivity index (χ1) is 11.6. The molecule has 1 amide bonds. The second kappa shape index (κ2) is 8.15. The van der Waals surface area contributed by atoms with Gasteiger partial charge < -0.3 is 19.8 Å². The van der Waals surface area contributed by atoms with Crippen LogP contribution in [0, 0.1) is 0 Å². The largest absolute Gasteiger partial charge is 0.388 e. The molecule has 3 aliphatic rings. The van der Waals surface area contributed by atoms with Crippen molar-refractivity contribution in [2.45, 2.75) is 69.4 Å². The highest BCUT2D eigenvalue weighted by atomic mass is 16.3. The Morgan fingerprint density at radius 3 is 2.38 bits per heavy atom. The molecule has 138 valence electrons. The van der Waals surface area contributed by atoms with Crippen molar-refractivity contribution < 1.29 is 9.90 Å². The van der Waals surface area contributed by atoms with Crippen LogP contribution in [0.15, 0.2) is 0 Å². The second-order valence-electron chi connectivity index (χ2n) is 8.26. The van der Waals surface area contributed by atoms with E-state index in [1.807, 2.05) is 4.90 Å². The summed E-state index contributed by atoms with van der Waals surface area (Å²) in [5, 5.41) is 10.8. The van der Waals surface area contributed by atoms with Crippen LogP contribution in [-0.4, -0.2) is 83.7 Å². The number of piperidine rings is 2. The van der Waals surface area contributed by atoms with Gasteiger partial charge in [0, 0.05) is 32.1 Å². The lowest BCUT2D eigenvalue weighted by atomic mass is 9.90. The summed E-state index contributed by atoms with van der Waals surface area (Å²) in [5.41, 5.74) is -0.579. The summed E-state index contributed by atoms with van der Waals surface area (Å²) in [4.78, 5) is 19.3. The van der Waals surface area contributed by atoms with Gasteiger partial charge in [0.15, 0.2) is 0 Å². The lowest BCUT2D eigenvalue weighted by Gasteiger charge is -2.40. The zero-order chi connectivity index (χ0) is 17.0. The van der Waals surface area contributed by atoms with E-state index in [0.29, 0.717) is 12.5 Å². The SMILES string of the molecule is CN1CCCC[C@@H]1CCC(=O)N1CCC(O)(CN2CCCC2)CC1. The van der Waals surface area contributed by atoms with Gasteiger partial charge in [0.2, 0.25) is 5.91 Å². The third-order valence-corrected chi connectivity index (χ3v) is 6.38. The minimum atomic E-state index is -0.579. The molecule has 0 saturated carbocycles. The Labute approximate surface area is 147 Å². The Balaban J connectivity index is 1.39. The number of carbonyl (C=O) groups is 1. The predicted octanol–water partition coefficient (Wildman–Crippen LogP) is 1.70. The highest BCUT2D eigenvalue weighted by Crippen LogP contribution is 2.26. The van der Waals surface area contributed by atoms with Crippen LogP contribution in [0.3, 0.4) is 0 Å². The molecule has 0 aromatic rings. The van der Waals surface area contributed by atoms with Gasteiger partial charge in [-0.05, 0) is 71.6 Å². The van der Waals surface area contributed by atoms with E-state index in [1.54, 1.807) is 0 Å². The molecule has 5 nitrogen and oxygen atoms in total. The number of β-amino-alcohol motifs (C(OH)–C–C–N with tert-alkyl or cyclic N) is 1. The van der Waals surface area contributed by atoms with Crippen molar-refractivity contribution in [1.29, 1.82) is 0 Å². The maximum absolute atomic E-state index is 12.5. The molecule has 24 heavy (non-hydrogen) atoms. The van der Waals surface area contributed by atoms with Crippen LogP contribution in [0.25, 0.3) is 0 Å². The molecular weight excluding hydrogens is 302 g/mol. The molecule has 3 fully saturated rings. The molecule has 0 aromatic carbocycles. The summed E-state index contributed by atoms with van der Waals surface area (Å²) in [6.07, 6.45) is 9.48. The maximum atomic E-state index is 12.5. The Bertz CT molecular complexity index is 415. The lowest BCUT2D eigenvalue weighted by molar-refractivity contribution is -0.136. The summed E-state index contributed by atoms with van der Waals surface area (Å²) in [7, 11) is 2.19. The van der Waals surface area contributed by atoms with Crippen LogP contribution in [0.1, 0.15) is 57.8 Å². The third kappa shape index (κ3) is 4.70. The van der Waals surface area contributed by atoms with Gasteiger partial charge in [-0.15, -0.1) is 0 Å². The number of rotatable bonds is 5. The molecule has 1 N–H and O–H groups in total. The number of hydrogen-bond acceptors (Lipinski definition) is 4. The molecule has 0 unspecified atom stereocenters. The summed E-state index contributed by atoms with van der Waals surface area (Å²) < 4.78 is 0. The first kappa shape index (κ1) is 18.2. The van der Waals surface area contributed by atoms with Gasteiger partial charge >= 0.3 is 0 Å². The van der Waals surface area contributed by atoms with E-state index < -0.39 is 5.60 Å². The number of aliphatic hydroxyl groups is 1. The maximum Gasteiger partial charge on any atom is 0.222 e. The summed E-state index contributed by atoms with van der Waals surface area (Å²) in [5.74, 6) is 0.289. The van der Waals surface area contributed by atoms with E-state index in [2.05, 4.69) is 16.8 Å². The Morgan fingerprint density at radius 1 is 1.04 bits per heavy atom. The number of hydrogen-bond donors (Lipinski definition) is 1. The first-order valence-corrected chi connectivity index (χ1v) is 9.98. The topological polar surface area (TPSA) is 47.0 Å². The fourth-order valence-electron chi connectivity index (χ4n) is 4.64. The monoisotopic (exact) mass is 337 g/mol. The van der Waals surface area contributed by atoms with Gasteiger partial charge in [-0.1, -0.05) is 6.42 Å². The van der Waals surface area contributed by atoms with Gasteiger partial charge in [0.1, 0.15) is 0 Å². The van der Waals surface area contributed by atoms with E-state index in [9.17, 15) is 9.90 Å². The average Bonchev–Trinajstić information content (AvgIpc) is 3.07. The molecule has 0 bridgehead atoms. The normalized spacial score (nSPS) is 29.1. The summed E-state index contributed by atoms with van der Waals surface area (Å²) >= 11 is 0. The Kier molecular flexibility index (Phi) is 6.17. The molecule has 0 aromatic heterocycles. The highest BCUT2D eigenvalue weighted by Gasteiger charge is 2.36. The Morgan fingerprint density at radius 2 is 1.71 bits per heavy atom. The van der Waals surface area contributed by atoms with Crippen LogP contribution >= 0.6 is 0 Å². The molecule has 3 aliphatic heterocycles. The number of likely N-dealkylation sites (tertiary alicyclic amines) is 3. The fourth-order valence-corrected chi connectivity index (χ4v) is 4.64. The van der Waals surface area contributed by atoms with Crippen molar-refractivity contribution >= 4 is 5.91 Å². The van der Waals surface area contributed by atoms with Gasteiger partial charge in [-0.3, -0.25) is 4.79 Å². The molecule has 0 spiro atoms. The molecule has 3 saturated heterocycles. The number of carbonyl (C=O) groups excluding carboxylic acids is 1. The quantitative estimate of drug-likeness (QED) is 0.829. The van der Waals surface area contributed by atoms with Crippen LogP contribution in [0.4, 0.5) is 0 Å². The highest BCUT2D eigenvalue weighted by molar-refractivity contribution is 5.76. The van der Waals surface area contributed by atoms with Crippen molar-refractivity contribution in [2.75, 3.05) is 46.3 Å². The van der Waals surface area contributed by atoms with E-state index >= 15 is 0 Å². The van der Waals surface area contributed by atoms with E-state index in [-0.39, 0.29) is 5.91 Å². The molecule has 5 heteroatoms. The van der Waals surface area contributed by atoms with Crippen molar-refractivity contribution in [3.63, 3.8) is 0 Å². The number of amides is 1. The fraction of sp³-hybridized carbons (Fsp3) is 0.947. The van der Waals surface area contributed by atoms with Crippen LogP contribution < -0.4 is 0 Å². The predicted molar refractivity (Wildman–Crippen MR) is 95.9 cm³/mol. The molecule has 0 aliphatic carbocycles. The van der Waals surface area contributed by atoms with Crippen molar-refractivity contribution in [3.8, 4) is 0 Å². The molecule has 1 atom stereocenters.